The highest BCUT2D eigenvalue weighted by Crippen LogP contribution is 2.24. The number of hydrogen-bond acceptors (Lipinski definition) is 1. The second-order valence-corrected chi connectivity index (χ2v) is 5.02. The minimum absolute atomic E-state index is 0.584. The Kier molecular flexibility index (Phi) is 4.03. The molecule has 0 amide bonds. The van der Waals surface area contributed by atoms with Gasteiger partial charge >= 0.3 is 0 Å². The van der Waals surface area contributed by atoms with Gasteiger partial charge in [-0.2, -0.15) is 0 Å². The molecule has 94 valence electrons. The molecule has 1 aliphatic carbocycles. The van der Waals surface area contributed by atoms with E-state index in [1.54, 1.807) is 0 Å². The molecule has 1 aliphatic rings. The number of allylic oxidation sites excluding steroid dienone is 3. The largest absolute Gasteiger partial charge is 0.381 e. The molecule has 0 saturated heterocycles. The Bertz CT molecular complexity index is 468. The van der Waals surface area contributed by atoms with Gasteiger partial charge in [0.25, 0.3) is 0 Å². The van der Waals surface area contributed by atoms with Gasteiger partial charge in [-0.15, -0.1) is 0 Å². The summed E-state index contributed by atoms with van der Waals surface area (Å²) in [6.07, 6.45) is 6.73. The van der Waals surface area contributed by atoms with E-state index in [9.17, 15) is 0 Å². The summed E-state index contributed by atoms with van der Waals surface area (Å²) in [5, 5.41) is 3.39. The lowest BCUT2D eigenvalue weighted by atomic mass is 9.88. The van der Waals surface area contributed by atoms with E-state index in [2.05, 4.69) is 68.2 Å². The molecule has 0 saturated carbocycles. The summed E-state index contributed by atoms with van der Waals surface area (Å²) in [6, 6.07) is 10.4. The fourth-order valence-corrected chi connectivity index (χ4v) is 2.03. The van der Waals surface area contributed by atoms with Crippen LogP contribution < -0.4 is 5.32 Å². The highest BCUT2D eigenvalue weighted by Gasteiger charge is 2.13. The van der Waals surface area contributed by atoms with Crippen molar-refractivity contribution in [1.82, 2.24) is 5.32 Å². The van der Waals surface area contributed by atoms with Crippen molar-refractivity contribution in [2.45, 2.75) is 20.4 Å². The van der Waals surface area contributed by atoms with Crippen LogP contribution in [0.4, 0.5) is 0 Å². The quantitative estimate of drug-likeness (QED) is 0.835. The Hall–Kier alpha value is -1.76. The normalized spacial score (nSPS) is 22.4. The molecule has 2 rings (SSSR count). The molecule has 0 aromatic heterocycles. The van der Waals surface area contributed by atoms with Gasteiger partial charge in [-0.1, -0.05) is 69.0 Å². The van der Waals surface area contributed by atoms with E-state index in [-0.39, 0.29) is 0 Å². The fourth-order valence-electron chi connectivity index (χ4n) is 2.03. The number of benzene rings is 1. The average Bonchev–Trinajstić information content (AvgIpc) is 2.40. The average molecular weight is 239 g/mol. The third-order valence-electron chi connectivity index (χ3n) is 3.55. The van der Waals surface area contributed by atoms with Crippen molar-refractivity contribution in [3.05, 3.63) is 72.0 Å². The lowest BCUT2D eigenvalue weighted by Crippen LogP contribution is -2.16. The van der Waals surface area contributed by atoms with Crippen LogP contribution in [0, 0.1) is 11.8 Å². The van der Waals surface area contributed by atoms with Gasteiger partial charge in [0.05, 0.1) is 0 Å². The molecule has 18 heavy (non-hydrogen) atoms. The monoisotopic (exact) mass is 239 g/mol. The van der Waals surface area contributed by atoms with Crippen LogP contribution in [-0.2, 0) is 6.54 Å². The van der Waals surface area contributed by atoms with E-state index >= 15 is 0 Å². The molecule has 0 fully saturated rings. The van der Waals surface area contributed by atoms with Gasteiger partial charge in [0.1, 0.15) is 0 Å². The van der Waals surface area contributed by atoms with Crippen molar-refractivity contribution in [3.63, 3.8) is 0 Å². The molecule has 1 aromatic carbocycles. The first-order valence-corrected chi connectivity index (χ1v) is 6.54. The Morgan fingerprint density at radius 2 is 1.89 bits per heavy atom. The third kappa shape index (κ3) is 3.13. The van der Waals surface area contributed by atoms with Crippen molar-refractivity contribution in [1.29, 1.82) is 0 Å². The first-order valence-electron chi connectivity index (χ1n) is 6.54. The van der Waals surface area contributed by atoms with Gasteiger partial charge in [-0.05, 0) is 23.0 Å². The van der Waals surface area contributed by atoms with Gasteiger partial charge < -0.3 is 5.32 Å². The predicted octanol–water partition coefficient (Wildman–Crippen LogP) is 4.06. The van der Waals surface area contributed by atoms with Crippen LogP contribution in [0.5, 0.6) is 0 Å². The summed E-state index contributed by atoms with van der Waals surface area (Å²) in [5.41, 5.74) is 3.51. The second kappa shape index (κ2) is 5.72. The summed E-state index contributed by atoms with van der Waals surface area (Å²) in [7, 11) is 0. The second-order valence-electron chi connectivity index (χ2n) is 5.02. The van der Waals surface area contributed by atoms with Crippen LogP contribution in [0.15, 0.2) is 66.4 Å². The maximum Gasteiger partial charge on any atom is 0.0400 e. The summed E-state index contributed by atoms with van der Waals surface area (Å²) < 4.78 is 0. The number of nitrogens with one attached hydrogen (secondary N) is 1. The Labute approximate surface area is 110 Å². The molecule has 2 unspecified atom stereocenters. The number of hydrogen-bond donors (Lipinski definition) is 1. The Morgan fingerprint density at radius 3 is 2.56 bits per heavy atom. The van der Waals surface area contributed by atoms with Crippen LogP contribution in [-0.4, -0.2) is 0 Å². The summed E-state index contributed by atoms with van der Waals surface area (Å²) in [4.78, 5) is 0. The van der Waals surface area contributed by atoms with Gasteiger partial charge in [-0.3, -0.25) is 0 Å². The first-order chi connectivity index (χ1) is 8.66. The third-order valence-corrected chi connectivity index (χ3v) is 3.55. The van der Waals surface area contributed by atoms with E-state index in [1.165, 1.54) is 11.1 Å². The fraction of sp³-hybridized carbons (Fsp3) is 0.294. The van der Waals surface area contributed by atoms with Crippen molar-refractivity contribution in [3.8, 4) is 0 Å². The van der Waals surface area contributed by atoms with Gasteiger partial charge in [0, 0.05) is 12.2 Å². The van der Waals surface area contributed by atoms with Gasteiger partial charge in [0.15, 0.2) is 0 Å². The van der Waals surface area contributed by atoms with Crippen molar-refractivity contribution in [2.24, 2.45) is 11.8 Å². The minimum atomic E-state index is 0.584. The van der Waals surface area contributed by atoms with E-state index in [4.69, 9.17) is 0 Å². The molecule has 0 radical (unpaired) electrons. The highest BCUT2D eigenvalue weighted by atomic mass is 14.9. The number of rotatable bonds is 4. The zero-order chi connectivity index (χ0) is 13.0. The zero-order valence-electron chi connectivity index (χ0n) is 11.2. The summed E-state index contributed by atoms with van der Waals surface area (Å²) in [5.74, 6) is 1.20. The molecular formula is C17H21N. The van der Waals surface area contributed by atoms with E-state index < -0.39 is 0 Å². The van der Waals surface area contributed by atoms with Crippen molar-refractivity contribution >= 4 is 0 Å². The van der Waals surface area contributed by atoms with Crippen LogP contribution >= 0.6 is 0 Å². The zero-order valence-corrected chi connectivity index (χ0v) is 11.2. The molecule has 1 heteroatoms. The van der Waals surface area contributed by atoms with Crippen molar-refractivity contribution in [2.75, 3.05) is 0 Å². The first kappa shape index (κ1) is 12.7. The highest BCUT2D eigenvalue weighted by molar-refractivity contribution is 5.40. The van der Waals surface area contributed by atoms with Crippen LogP contribution in [0.25, 0.3) is 0 Å². The molecule has 0 bridgehead atoms. The van der Waals surface area contributed by atoms with Crippen LogP contribution in [0.2, 0.25) is 0 Å². The SMILES string of the molecule is C=C(NCc1ccccc1)C1=CC(C)C(C)C=C1. The molecule has 1 nitrogen and oxygen atoms in total. The van der Waals surface area contributed by atoms with E-state index in [1.807, 2.05) is 6.07 Å². The molecule has 1 aromatic rings. The van der Waals surface area contributed by atoms with E-state index in [0.717, 1.165) is 12.2 Å². The summed E-state index contributed by atoms with van der Waals surface area (Å²) >= 11 is 0. The van der Waals surface area contributed by atoms with Gasteiger partial charge in [0.2, 0.25) is 0 Å². The standard InChI is InChI=1S/C17H21N/c1-13-9-10-17(11-14(13)2)15(3)18-12-16-7-5-4-6-8-16/h4-11,13-14,18H,3,12H2,1-2H3. The lowest BCUT2D eigenvalue weighted by Gasteiger charge is -2.20. The molecular weight excluding hydrogens is 218 g/mol. The molecule has 1 N–H and O–H groups in total. The maximum atomic E-state index is 4.12. The molecule has 0 aliphatic heterocycles. The predicted molar refractivity (Wildman–Crippen MR) is 78.0 cm³/mol. The van der Waals surface area contributed by atoms with Gasteiger partial charge in [-0.25, -0.2) is 0 Å². The van der Waals surface area contributed by atoms with E-state index in [0.29, 0.717) is 11.8 Å². The molecule has 0 heterocycles. The van der Waals surface area contributed by atoms with Crippen LogP contribution in [0.3, 0.4) is 0 Å². The molecule has 2 atom stereocenters. The smallest absolute Gasteiger partial charge is 0.0400 e. The van der Waals surface area contributed by atoms with Crippen molar-refractivity contribution < 1.29 is 0 Å². The minimum Gasteiger partial charge on any atom is -0.381 e. The lowest BCUT2D eigenvalue weighted by molar-refractivity contribution is 0.548. The Morgan fingerprint density at radius 1 is 1.17 bits per heavy atom. The Balaban J connectivity index is 1.93. The van der Waals surface area contributed by atoms with Crippen LogP contribution in [0.1, 0.15) is 19.4 Å². The summed E-state index contributed by atoms with van der Waals surface area (Å²) in [6.45, 7) is 9.44. The molecule has 0 spiro atoms. The topological polar surface area (TPSA) is 12.0 Å². The maximum absolute atomic E-state index is 4.12.